The fourth-order valence-electron chi connectivity index (χ4n) is 1.63. The van der Waals surface area contributed by atoms with Gasteiger partial charge in [0.25, 0.3) is 0 Å². The van der Waals surface area contributed by atoms with E-state index in [4.69, 9.17) is 9.84 Å². The van der Waals surface area contributed by atoms with Crippen molar-refractivity contribution in [1.82, 2.24) is 4.98 Å². The maximum atomic E-state index is 12.8. The summed E-state index contributed by atoms with van der Waals surface area (Å²) in [6.07, 6.45) is 1.65. The Morgan fingerprint density at radius 2 is 2.00 bits per heavy atom. The molecule has 0 atom stereocenters. The SMILES string of the molecule is CN(CCO)c1ncccc1Oc1ccc(F)cc1. The van der Waals surface area contributed by atoms with Gasteiger partial charge in [0.05, 0.1) is 6.61 Å². The van der Waals surface area contributed by atoms with Crippen LogP contribution in [0.2, 0.25) is 0 Å². The summed E-state index contributed by atoms with van der Waals surface area (Å²) in [7, 11) is 1.82. The fourth-order valence-corrected chi connectivity index (χ4v) is 1.63. The number of benzene rings is 1. The van der Waals surface area contributed by atoms with Gasteiger partial charge >= 0.3 is 0 Å². The van der Waals surface area contributed by atoms with E-state index in [1.165, 1.54) is 12.1 Å². The molecule has 0 saturated carbocycles. The Morgan fingerprint density at radius 3 is 2.68 bits per heavy atom. The van der Waals surface area contributed by atoms with Crippen LogP contribution in [-0.4, -0.2) is 30.3 Å². The Labute approximate surface area is 111 Å². The summed E-state index contributed by atoms with van der Waals surface area (Å²) in [6.45, 7) is 0.486. The number of aliphatic hydroxyl groups is 1. The molecule has 0 saturated heterocycles. The largest absolute Gasteiger partial charge is 0.453 e. The van der Waals surface area contributed by atoms with Crippen molar-refractivity contribution >= 4 is 5.82 Å². The van der Waals surface area contributed by atoms with Gasteiger partial charge in [-0.05, 0) is 36.4 Å². The van der Waals surface area contributed by atoms with Crippen molar-refractivity contribution in [1.29, 1.82) is 0 Å². The van der Waals surface area contributed by atoms with E-state index in [0.717, 1.165) is 0 Å². The second-order valence-corrected chi connectivity index (χ2v) is 4.03. The molecule has 0 aliphatic heterocycles. The standard InChI is InChI=1S/C14H15FN2O2/c1-17(9-10-18)14-13(3-2-8-16-14)19-12-6-4-11(15)5-7-12/h2-8,18H,9-10H2,1H3. The second kappa shape index (κ2) is 6.15. The van der Waals surface area contributed by atoms with Gasteiger partial charge in [-0.25, -0.2) is 9.37 Å². The Bertz CT molecular complexity index is 531. The fraction of sp³-hybridized carbons (Fsp3) is 0.214. The monoisotopic (exact) mass is 262 g/mol. The Kier molecular flexibility index (Phi) is 4.30. The van der Waals surface area contributed by atoms with Gasteiger partial charge in [-0.3, -0.25) is 0 Å². The number of ether oxygens (including phenoxy) is 1. The molecule has 0 bridgehead atoms. The molecule has 100 valence electrons. The molecule has 0 spiro atoms. The number of aliphatic hydroxyl groups excluding tert-OH is 1. The van der Waals surface area contributed by atoms with E-state index < -0.39 is 0 Å². The molecule has 0 amide bonds. The molecule has 0 unspecified atom stereocenters. The minimum absolute atomic E-state index is 0.0308. The first-order valence-electron chi connectivity index (χ1n) is 5.91. The van der Waals surface area contributed by atoms with Crippen molar-refractivity contribution in [3.05, 3.63) is 48.4 Å². The zero-order valence-electron chi connectivity index (χ0n) is 10.6. The zero-order valence-corrected chi connectivity index (χ0v) is 10.6. The van der Waals surface area contributed by atoms with Crippen LogP contribution in [0.1, 0.15) is 0 Å². The van der Waals surface area contributed by atoms with Crippen LogP contribution in [0.15, 0.2) is 42.6 Å². The number of halogens is 1. The topological polar surface area (TPSA) is 45.6 Å². The first kappa shape index (κ1) is 13.3. The van der Waals surface area contributed by atoms with E-state index in [1.807, 2.05) is 7.05 Å². The molecule has 0 aliphatic rings. The number of aromatic nitrogens is 1. The predicted octanol–water partition coefficient (Wildman–Crippen LogP) is 2.44. The normalized spacial score (nSPS) is 10.3. The summed E-state index contributed by atoms with van der Waals surface area (Å²) in [6, 6.07) is 9.32. The first-order chi connectivity index (χ1) is 9.20. The average molecular weight is 262 g/mol. The minimum atomic E-state index is -0.309. The van der Waals surface area contributed by atoms with E-state index in [0.29, 0.717) is 23.9 Å². The zero-order chi connectivity index (χ0) is 13.7. The van der Waals surface area contributed by atoms with E-state index >= 15 is 0 Å². The molecule has 0 fully saturated rings. The van der Waals surface area contributed by atoms with Crippen molar-refractivity contribution in [3.63, 3.8) is 0 Å². The van der Waals surface area contributed by atoms with Gasteiger partial charge in [0.2, 0.25) is 0 Å². The van der Waals surface area contributed by atoms with Crippen molar-refractivity contribution < 1.29 is 14.2 Å². The van der Waals surface area contributed by atoms with Crippen LogP contribution in [-0.2, 0) is 0 Å². The summed E-state index contributed by atoms with van der Waals surface area (Å²) in [5.41, 5.74) is 0. The molecule has 1 N–H and O–H groups in total. The molecule has 0 aliphatic carbocycles. The van der Waals surface area contributed by atoms with Gasteiger partial charge in [-0.15, -0.1) is 0 Å². The summed E-state index contributed by atoms with van der Waals surface area (Å²) in [5, 5.41) is 8.96. The number of rotatable bonds is 5. The van der Waals surface area contributed by atoms with E-state index in [-0.39, 0.29) is 12.4 Å². The van der Waals surface area contributed by atoms with Crippen molar-refractivity contribution in [2.75, 3.05) is 25.1 Å². The van der Waals surface area contributed by atoms with Crippen LogP contribution >= 0.6 is 0 Å². The summed E-state index contributed by atoms with van der Waals surface area (Å²) >= 11 is 0. The molecule has 1 aromatic carbocycles. The number of nitrogens with zero attached hydrogens (tertiary/aromatic N) is 2. The third-order valence-electron chi connectivity index (χ3n) is 2.59. The molecule has 1 aromatic heterocycles. The third kappa shape index (κ3) is 3.42. The average Bonchev–Trinajstić information content (AvgIpc) is 2.42. The van der Waals surface area contributed by atoms with Crippen LogP contribution in [0.3, 0.4) is 0 Å². The molecule has 2 rings (SSSR count). The molecular formula is C14H15FN2O2. The van der Waals surface area contributed by atoms with Crippen LogP contribution in [0.5, 0.6) is 11.5 Å². The lowest BCUT2D eigenvalue weighted by molar-refractivity contribution is 0.303. The van der Waals surface area contributed by atoms with Gasteiger partial charge in [0.1, 0.15) is 11.6 Å². The summed E-state index contributed by atoms with van der Waals surface area (Å²) < 4.78 is 18.5. The van der Waals surface area contributed by atoms with E-state index in [1.54, 1.807) is 35.4 Å². The van der Waals surface area contributed by atoms with Crippen LogP contribution < -0.4 is 9.64 Å². The maximum Gasteiger partial charge on any atom is 0.171 e. The van der Waals surface area contributed by atoms with Gasteiger partial charge in [0, 0.05) is 19.8 Å². The van der Waals surface area contributed by atoms with Gasteiger partial charge < -0.3 is 14.7 Å². The van der Waals surface area contributed by atoms with Gasteiger partial charge in [0.15, 0.2) is 11.6 Å². The highest BCUT2D eigenvalue weighted by atomic mass is 19.1. The van der Waals surface area contributed by atoms with Crippen LogP contribution in [0.4, 0.5) is 10.2 Å². The Morgan fingerprint density at radius 1 is 1.26 bits per heavy atom. The lowest BCUT2D eigenvalue weighted by Crippen LogP contribution is -2.22. The molecule has 19 heavy (non-hydrogen) atoms. The number of hydrogen-bond acceptors (Lipinski definition) is 4. The number of anilines is 1. The number of pyridine rings is 1. The third-order valence-corrected chi connectivity index (χ3v) is 2.59. The summed E-state index contributed by atoms with van der Waals surface area (Å²) in [4.78, 5) is 6.02. The highest BCUT2D eigenvalue weighted by molar-refractivity contribution is 5.53. The lowest BCUT2D eigenvalue weighted by atomic mass is 10.3. The quantitative estimate of drug-likeness (QED) is 0.899. The van der Waals surface area contributed by atoms with Crippen LogP contribution in [0.25, 0.3) is 0 Å². The summed E-state index contributed by atoms with van der Waals surface area (Å²) in [5.74, 6) is 1.41. The lowest BCUT2D eigenvalue weighted by Gasteiger charge is -2.19. The molecule has 5 heteroatoms. The van der Waals surface area contributed by atoms with Crippen molar-refractivity contribution in [2.24, 2.45) is 0 Å². The predicted molar refractivity (Wildman–Crippen MR) is 71.1 cm³/mol. The van der Waals surface area contributed by atoms with Crippen LogP contribution in [0, 0.1) is 5.82 Å². The first-order valence-corrected chi connectivity index (χ1v) is 5.91. The maximum absolute atomic E-state index is 12.8. The van der Waals surface area contributed by atoms with E-state index in [2.05, 4.69) is 4.98 Å². The van der Waals surface area contributed by atoms with Crippen molar-refractivity contribution in [3.8, 4) is 11.5 Å². The van der Waals surface area contributed by atoms with E-state index in [9.17, 15) is 4.39 Å². The molecule has 4 nitrogen and oxygen atoms in total. The number of likely N-dealkylation sites (N-methyl/N-ethyl adjacent to an activating group) is 1. The molecule has 0 radical (unpaired) electrons. The Hall–Kier alpha value is -2.14. The van der Waals surface area contributed by atoms with Crippen molar-refractivity contribution in [2.45, 2.75) is 0 Å². The molecular weight excluding hydrogens is 247 g/mol. The second-order valence-electron chi connectivity index (χ2n) is 4.03. The Balaban J connectivity index is 2.22. The molecule has 1 heterocycles. The van der Waals surface area contributed by atoms with Gasteiger partial charge in [-0.1, -0.05) is 0 Å². The smallest absolute Gasteiger partial charge is 0.171 e. The number of hydrogen-bond donors (Lipinski definition) is 1. The minimum Gasteiger partial charge on any atom is -0.453 e. The van der Waals surface area contributed by atoms with Gasteiger partial charge in [-0.2, -0.15) is 0 Å². The highest BCUT2D eigenvalue weighted by Gasteiger charge is 2.10. The molecule has 2 aromatic rings. The highest BCUT2D eigenvalue weighted by Crippen LogP contribution is 2.29.